The number of carbonyl (C=O) groups is 4. The summed E-state index contributed by atoms with van der Waals surface area (Å²) in [7, 11) is 1.31. The summed E-state index contributed by atoms with van der Waals surface area (Å²) >= 11 is 0. The summed E-state index contributed by atoms with van der Waals surface area (Å²) < 4.78 is 23.5. The van der Waals surface area contributed by atoms with E-state index in [0.717, 1.165) is 5.57 Å². The summed E-state index contributed by atoms with van der Waals surface area (Å²) in [6, 6.07) is 0. The minimum atomic E-state index is -1.22. The molecule has 4 fully saturated rings. The summed E-state index contributed by atoms with van der Waals surface area (Å²) in [4.78, 5) is 48.7. The number of hydrogen-bond acceptors (Lipinski definition) is 9. The first kappa shape index (κ1) is 26.2. The molecule has 0 saturated carbocycles. The number of rotatable bonds is 6. The molecule has 36 heavy (non-hydrogen) atoms. The number of methoxy groups -OCH3 is 1. The van der Waals surface area contributed by atoms with E-state index in [9.17, 15) is 24.3 Å². The number of carbonyl (C=O) groups excluding carboxylic acids is 4. The first-order valence-corrected chi connectivity index (χ1v) is 12.1. The summed E-state index contributed by atoms with van der Waals surface area (Å²) in [5, 5.41) is 12.6. The van der Waals surface area contributed by atoms with Crippen LogP contribution in [-0.4, -0.2) is 71.9 Å². The molecule has 0 aromatic rings. The van der Waals surface area contributed by atoms with E-state index in [1.807, 2.05) is 26.8 Å². The van der Waals surface area contributed by atoms with Crippen molar-refractivity contribution in [1.29, 1.82) is 0 Å². The van der Waals surface area contributed by atoms with E-state index in [1.54, 1.807) is 19.9 Å². The van der Waals surface area contributed by atoms with Crippen molar-refractivity contribution in [3.63, 3.8) is 0 Å². The second-order valence-corrected chi connectivity index (χ2v) is 10.3. The van der Waals surface area contributed by atoms with E-state index < -0.39 is 59.0 Å². The van der Waals surface area contributed by atoms with E-state index in [4.69, 9.17) is 18.9 Å². The zero-order valence-electron chi connectivity index (χ0n) is 21.3. The SMILES string of the molecule is COC(=O)C(C)C1OC12CC(=O)C1OC2(C)OC(C(C)C=C(C)C=CC(O)=C2C(=O)CNC2=O)C1C. The van der Waals surface area contributed by atoms with Crippen LogP contribution in [0.25, 0.3) is 0 Å². The van der Waals surface area contributed by atoms with Crippen LogP contribution in [0.5, 0.6) is 0 Å². The number of ketones is 2. The van der Waals surface area contributed by atoms with E-state index in [0.29, 0.717) is 0 Å². The largest absolute Gasteiger partial charge is 0.507 e. The monoisotopic (exact) mass is 503 g/mol. The predicted molar refractivity (Wildman–Crippen MR) is 125 cm³/mol. The van der Waals surface area contributed by atoms with E-state index in [-0.39, 0.29) is 36.2 Å². The van der Waals surface area contributed by atoms with Crippen LogP contribution in [0.1, 0.15) is 41.0 Å². The molecule has 4 heterocycles. The Morgan fingerprint density at radius 3 is 2.50 bits per heavy atom. The van der Waals surface area contributed by atoms with Crippen LogP contribution in [0.2, 0.25) is 0 Å². The number of nitrogens with one attached hydrogen (secondary N) is 1. The number of esters is 1. The van der Waals surface area contributed by atoms with Crippen molar-refractivity contribution in [2.45, 2.75) is 70.7 Å². The maximum atomic E-state index is 13.1. The number of ether oxygens (including phenoxy) is 4. The van der Waals surface area contributed by atoms with Gasteiger partial charge >= 0.3 is 5.97 Å². The number of aliphatic hydroxyl groups excluding tert-OH is 1. The first-order valence-electron chi connectivity index (χ1n) is 12.1. The molecule has 4 rings (SSSR count). The summed E-state index contributed by atoms with van der Waals surface area (Å²) in [5.74, 6) is -4.17. The Balaban J connectivity index is 1.53. The standard InChI is InChI=1S/C26H33NO9/c1-12(7-8-16(28)19-18(30)11-27-23(19)31)9-13(2)20-14(3)21-17(29)10-26(25(5,34-20)35-21)22(36-26)15(4)24(32)33-6/h7-9,13-15,20-22,28H,10-11H2,1-6H3,(H,27,31). The summed E-state index contributed by atoms with van der Waals surface area (Å²) in [5.41, 5.74) is -0.547. The molecule has 4 aliphatic rings. The van der Waals surface area contributed by atoms with Crippen LogP contribution in [-0.2, 0) is 38.1 Å². The Bertz CT molecular complexity index is 1070. The third-order valence-electron chi connectivity index (χ3n) is 7.72. The van der Waals surface area contributed by atoms with Crippen molar-refractivity contribution in [2.24, 2.45) is 17.8 Å². The Morgan fingerprint density at radius 1 is 1.19 bits per heavy atom. The minimum Gasteiger partial charge on any atom is -0.507 e. The van der Waals surface area contributed by atoms with Crippen LogP contribution >= 0.6 is 0 Å². The summed E-state index contributed by atoms with van der Waals surface area (Å²) in [6.45, 7) is 9.01. The van der Waals surface area contributed by atoms with Gasteiger partial charge in [-0.15, -0.1) is 0 Å². The smallest absolute Gasteiger partial charge is 0.311 e. The van der Waals surface area contributed by atoms with Crippen molar-refractivity contribution in [3.8, 4) is 0 Å². The fraction of sp³-hybridized carbons (Fsp3) is 0.615. The first-order chi connectivity index (χ1) is 16.8. The molecule has 10 heteroatoms. The Labute approximate surface area is 209 Å². The van der Waals surface area contributed by atoms with Crippen molar-refractivity contribution in [3.05, 3.63) is 35.1 Å². The average molecular weight is 504 g/mol. The number of aliphatic hydroxyl groups is 1. The number of epoxide rings is 1. The molecule has 4 saturated heterocycles. The molecule has 1 spiro atoms. The second kappa shape index (κ2) is 9.24. The lowest BCUT2D eigenvalue weighted by molar-refractivity contribution is -0.359. The number of fused-ring (bicyclic) bond motifs is 3. The maximum absolute atomic E-state index is 13.1. The molecular formula is C26H33NO9. The van der Waals surface area contributed by atoms with Gasteiger partial charge in [0.25, 0.3) is 5.91 Å². The molecule has 196 valence electrons. The molecule has 0 radical (unpaired) electrons. The van der Waals surface area contributed by atoms with Gasteiger partial charge in [0, 0.05) is 18.3 Å². The van der Waals surface area contributed by atoms with Gasteiger partial charge in [0.05, 0.1) is 25.7 Å². The van der Waals surface area contributed by atoms with Gasteiger partial charge in [-0.1, -0.05) is 31.6 Å². The quantitative estimate of drug-likeness (QED) is 0.138. The van der Waals surface area contributed by atoms with Crippen LogP contribution in [0.4, 0.5) is 0 Å². The third kappa shape index (κ3) is 4.21. The lowest BCUT2D eigenvalue weighted by Gasteiger charge is -2.53. The second-order valence-electron chi connectivity index (χ2n) is 10.3. The molecule has 4 aliphatic heterocycles. The van der Waals surface area contributed by atoms with Crippen LogP contribution in [0.3, 0.4) is 0 Å². The number of Topliss-reactive ketones (excluding diaryl/α,β-unsaturated/α-hetero) is 2. The fourth-order valence-electron chi connectivity index (χ4n) is 5.68. The molecule has 2 N–H and O–H groups in total. The molecule has 8 atom stereocenters. The predicted octanol–water partition coefficient (Wildman–Crippen LogP) is 1.69. The minimum absolute atomic E-state index is 0.0864. The van der Waals surface area contributed by atoms with Gasteiger partial charge in [-0.05, 0) is 26.8 Å². The lowest BCUT2D eigenvalue weighted by Crippen LogP contribution is -2.67. The van der Waals surface area contributed by atoms with E-state index in [2.05, 4.69) is 5.32 Å². The van der Waals surface area contributed by atoms with Gasteiger partial charge in [0.2, 0.25) is 0 Å². The van der Waals surface area contributed by atoms with Crippen LogP contribution < -0.4 is 5.32 Å². The molecule has 2 bridgehead atoms. The van der Waals surface area contributed by atoms with Gasteiger partial charge < -0.3 is 29.4 Å². The number of amides is 1. The van der Waals surface area contributed by atoms with Crippen molar-refractivity contribution in [2.75, 3.05) is 13.7 Å². The number of allylic oxidation sites excluding steroid dienone is 3. The van der Waals surface area contributed by atoms with Gasteiger partial charge in [0.1, 0.15) is 23.5 Å². The van der Waals surface area contributed by atoms with Gasteiger partial charge in [-0.2, -0.15) is 0 Å². The van der Waals surface area contributed by atoms with E-state index >= 15 is 0 Å². The molecule has 0 aliphatic carbocycles. The molecule has 1 amide bonds. The Kier molecular flexibility index (Phi) is 6.74. The fourth-order valence-corrected chi connectivity index (χ4v) is 5.68. The highest BCUT2D eigenvalue weighted by atomic mass is 16.8. The highest BCUT2D eigenvalue weighted by Gasteiger charge is 2.77. The molecule has 0 aromatic heterocycles. The highest BCUT2D eigenvalue weighted by Crippen LogP contribution is 2.59. The molecular weight excluding hydrogens is 470 g/mol. The van der Waals surface area contributed by atoms with Crippen LogP contribution in [0.15, 0.2) is 35.1 Å². The van der Waals surface area contributed by atoms with Gasteiger partial charge in [0.15, 0.2) is 23.0 Å². The Morgan fingerprint density at radius 2 is 1.89 bits per heavy atom. The topological polar surface area (TPSA) is 141 Å². The highest BCUT2D eigenvalue weighted by molar-refractivity contribution is 6.25. The molecule has 10 nitrogen and oxygen atoms in total. The van der Waals surface area contributed by atoms with E-state index in [1.165, 1.54) is 13.2 Å². The van der Waals surface area contributed by atoms with Crippen molar-refractivity contribution < 1.29 is 43.2 Å². The van der Waals surface area contributed by atoms with Crippen molar-refractivity contribution in [1.82, 2.24) is 5.32 Å². The zero-order valence-corrected chi connectivity index (χ0v) is 21.3. The van der Waals surface area contributed by atoms with Crippen molar-refractivity contribution >= 4 is 23.4 Å². The number of hydrogen-bond donors (Lipinski definition) is 2. The Hall–Kier alpha value is -2.82. The molecule has 8 unspecified atom stereocenters. The normalized spacial score (nSPS) is 39.3. The molecule has 0 aromatic carbocycles. The zero-order chi connectivity index (χ0) is 26.6. The average Bonchev–Trinajstić information content (AvgIpc) is 3.46. The lowest BCUT2D eigenvalue weighted by atomic mass is 9.75. The maximum Gasteiger partial charge on any atom is 0.311 e. The van der Waals surface area contributed by atoms with Gasteiger partial charge in [-0.3, -0.25) is 19.2 Å². The van der Waals surface area contributed by atoms with Gasteiger partial charge in [-0.25, -0.2) is 0 Å². The van der Waals surface area contributed by atoms with Crippen LogP contribution in [0, 0.1) is 17.8 Å². The summed E-state index contributed by atoms with van der Waals surface area (Å²) in [6.07, 6.45) is 3.33. The third-order valence-corrected chi connectivity index (χ3v) is 7.72.